The van der Waals surface area contributed by atoms with E-state index in [4.69, 9.17) is 23.8 Å². The van der Waals surface area contributed by atoms with Crippen molar-refractivity contribution in [3.63, 3.8) is 0 Å². The molecule has 7 heteroatoms. The second kappa shape index (κ2) is 9.15. The van der Waals surface area contributed by atoms with Gasteiger partial charge in [0.15, 0.2) is 10.6 Å². The summed E-state index contributed by atoms with van der Waals surface area (Å²) in [5, 5.41) is 5.37. The molecule has 0 N–H and O–H groups in total. The fourth-order valence-corrected chi connectivity index (χ4v) is 2.92. The van der Waals surface area contributed by atoms with Gasteiger partial charge >= 0.3 is 0 Å². The van der Waals surface area contributed by atoms with Crippen LogP contribution < -0.4 is 0 Å². The van der Waals surface area contributed by atoms with Crippen LogP contribution in [0.3, 0.4) is 0 Å². The molecule has 2 aromatic rings. The number of hydrogen-bond donors (Lipinski definition) is 0. The van der Waals surface area contributed by atoms with Crippen molar-refractivity contribution in [2.24, 2.45) is 0 Å². The van der Waals surface area contributed by atoms with Crippen LogP contribution in [0.15, 0.2) is 24.3 Å². The molecule has 0 aliphatic heterocycles. The van der Waals surface area contributed by atoms with Crippen molar-refractivity contribution in [1.29, 1.82) is 0 Å². The van der Waals surface area contributed by atoms with Crippen molar-refractivity contribution >= 4 is 29.7 Å². The van der Waals surface area contributed by atoms with E-state index < -0.39 is 0 Å². The van der Waals surface area contributed by atoms with Gasteiger partial charge in [0, 0.05) is 37.1 Å². The predicted octanol–water partition coefficient (Wildman–Crippen LogP) is 4.40. The first-order valence-electron chi connectivity index (χ1n) is 8.65. The fraction of sp³-hybridized carbons (Fsp3) is 0.500. The summed E-state index contributed by atoms with van der Waals surface area (Å²) < 4.78 is 4.47. The third-order valence-electron chi connectivity index (χ3n) is 4.20. The summed E-state index contributed by atoms with van der Waals surface area (Å²) in [6, 6.07) is 7.59. The van der Waals surface area contributed by atoms with E-state index in [0.29, 0.717) is 29.3 Å². The van der Waals surface area contributed by atoms with Crippen molar-refractivity contribution in [1.82, 2.24) is 19.2 Å². The molecule has 0 unspecified atom stereocenters. The SMILES string of the molecule is CCCCn1c(-c2ccc(Cl)cc2)nn(CCC(=O)N(C)CC)c1=S. The van der Waals surface area contributed by atoms with E-state index in [1.165, 1.54) is 0 Å². The molecule has 2 rings (SSSR count). The number of rotatable bonds is 8. The molecule has 0 fully saturated rings. The Balaban J connectivity index is 2.30. The summed E-state index contributed by atoms with van der Waals surface area (Å²) >= 11 is 11.6. The number of halogens is 1. The molecule has 0 atom stereocenters. The highest BCUT2D eigenvalue weighted by molar-refractivity contribution is 7.71. The second-order valence-electron chi connectivity index (χ2n) is 6.00. The van der Waals surface area contributed by atoms with Gasteiger partial charge in [-0.2, -0.15) is 5.10 Å². The molecule has 25 heavy (non-hydrogen) atoms. The summed E-state index contributed by atoms with van der Waals surface area (Å²) in [6.07, 6.45) is 2.49. The average molecular weight is 381 g/mol. The van der Waals surface area contributed by atoms with Crippen LogP contribution in [0.4, 0.5) is 0 Å². The van der Waals surface area contributed by atoms with Gasteiger partial charge in [-0.15, -0.1) is 0 Å². The van der Waals surface area contributed by atoms with E-state index in [2.05, 4.69) is 16.6 Å². The lowest BCUT2D eigenvalue weighted by Gasteiger charge is -2.13. The van der Waals surface area contributed by atoms with Crippen LogP contribution in [0.25, 0.3) is 11.4 Å². The summed E-state index contributed by atoms with van der Waals surface area (Å²) in [4.78, 5) is 13.8. The smallest absolute Gasteiger partial charge is 0.224 e. The van der Waals surface area contributed by atoms with Gasteiger partial charge in [0.25, 0.3) is 0 Å². The molecule has 0 radical (unpaired) electrons. The molecule has 0 bridgehead atoms. The number of aromatic nitrogens is 3. The Bertz CT molecular complexity index is 766. The number of nitrogens with zero attached hydrogens (tertiary/aromatic N) is 4. The molecule has 1 aromatic carbocycles. The summed E-state index contributed by atoms with van der Waals surface area (Å²) in [6.45, 7) is 6.11. The lowest BCUT2D eigenvalue weighted by molar-refractivity contribution is -0.129. The molecule has 0 aliphatic rings. The minimum absolute atomic E-state index is 0.0977. The molecule has 136 valence electrons. The second-order valence-corrected chi connectivity index (χ2v) is 6.80. The molecular formula is C18H25ClN4OS. The Morgan fingerprint density at radius 1 is 1.24 bits per heavy atom. The van der Waals surface area contributed by atoms with E-state index in [-0.39, 0.29) is 5.91 Å². The number of unbranched alkanes of at least 4 members (excludes halogenated alkanes) is 1. The van der Waals surface area contributed by atoms with Gasteiger partial charge in [0.1, 0.15) is 0 Å². The first kappa shape index (κ1) is 19.7. The largest absolute Gasteiger partial charge is 0.346 e. The average Bonchev–Trinajstić information content (AvgIpc) is 2.93. The molecular weight excluding hydrogens is 356 g/mol. The minimum atomic E-state index is 0.0977. The van der Waals surface area contributed by atoms with Gasteiger partial charge < -0.3 is 4.90 Å². The molecule has 0 aliphatic carbocycles. The van der Waals surface area contributed by atoms with E-state index in [0.717, 1.165) is 30.8 Å². The van der Waals surface area contributed by atoms with Crippen LogP contribution in [0, 0.1) is 4.77 Å². The highest BCUT2D eigenvalue weighted by atomic mass is 35.5. The quantitative estimate of drug-likeness (QED) is 0.637. The van der Waals surface area contributed by atoms with Crippen LogP contribution in [0.5, 0.6) is 0 Å². The Labute approximate surface area is 159 Å². The highest BCUT2D eigenvalue weighted by Gasteiger charge is 2.14. The summed E-state index contributed by atoms with van der Waals surface area (Å²) in [5.41, 5.74) is 0.974. The fourth-order valence-electron chi connectivity index (χ4n) is 2.49. The van der Waals surface area contributed by atoms with Crippen molar-refractivity contribution < 1.29 is 4.79 Å². The topological polar surface area (TPSA) is 43.1 Å². The standard InChI is InChI=1S/C18H25ClN4OS/c1-4-6-12-22-17(14-7-9-15(19)10-8-14)20-23(18(22)25)13-11-16(24)21(3)5-2/h7-10H,4-6,11-13H2,1-3H3. The molecule has 0 spiro atoms. The third-order valence-corrected chi connectivity index (χ3v) is 4.88. The van der Waals surface area contributed by atoms with Crippen molar-refractivity contribution in [3.8, 4) is 11.4 Å². The van der Waals surface area contributed by atoms with Crippen molar-refractivity contribution in [2.75, 3.05) is 13.6 Å². The molecule has 0 saturated carbocycles. The van der Waals surface area contributed by atoms with E-state index >= 15 is 0 Å². The summed E-state index contributed by atoms with van der Waals surface area (Å²) in [7, 11) is 1.81. The normalized spacial score (nSPS) is 10.9. The lowest BCUT2D eigenvalue weighted by atomic mass is 10.2. The number of hydrogen-bond acceptors (Lipinski definition) is 3. The van der Waals surface area contributed by atoms with Gasteiger partial charge in [-0.05, 0) is 49.8 Å². The highest BCUT2D eigenvalue weighted by Crippen LogP contribution is 2.21. The van der Waals surface area contributed by atoms with Crippen molar-refractivity contribution in [2.45, 2.75) is 46.2 Å². The van der Waals surface area contributed by atoms with Gasteiger partial charge in [-0.3, -0.25) is 9.36 Å². The first-order valence-corrected chi connectivity index (χ1v) is 9.44. The van der Waals surface area contributed by atoms with Crippen LogP contribution in [-0.4, -0.2) is 38.7 Å². The Morgan fingerprint density at radius 2 is 1.92 bits per heavy atom. The number of amides is 1. The van der Waals surface area contributed by atoms with Crippen LogP contribution in [0.2, 0.25) is 5.02 Å². The van der Waals surface area contributed by atoms with Gasteiger partial charge in [-0.1, -0.05) is 24.9 Å². The Hall–Kier alpha value is -1.66. The molecule has 1 amide bonds. The van der Waals surface area contributed by atoms with E-state index in [1.807, 2.05) is 31.2 Å². The number of carbonyl (C=O) groups excluding carboxylic acids is 1. The summed E-state index contributed by atoms with van der Waals surface area (Å²) in [5.74, 6) is 0.923. The first-order chi connectivity index (χ1) is 12.0. The van der Waals surface area contributed by atoms with Gasteiger partial charge in [0.05, 0.1) is 6.54 Å². The molecule has 1 aromatic heterocycles. The van der Waals surface area contributed by atoms with Gasteiger partial charge in [-0.25, -0.2) is 4.68 Å². The zero-order chi connectivity index (χ0) is 18.4. The molecule has 0 saturated heterocycles. The van der Waals surface area contributed by atoms with Crippen molar-refractivity contribution in [3.05, 3.63) is 34.1 Å². The van der Waals surface area contributed by atoms with Crippen LogP contribution in [-0.2, 0) is 17.9 Å². The monoisotopic (exact) mass is 380 g/mol. The van der Waals surface area contributed by atoms with Crippen LogP contribution >= 0.6 is 23.8 Å². The lowest BCUT2D eigenvalue weighted by Crippen LogP contribution is -2.27. The minimum Gasteiger partial charge on any atom is -0.346 e. The Morgan fingerprint density at radius 3 is 2.52 bits per heavy atom. The number of benzene rings is 1. The zero-order valence-electron chi connectivity index (χ0n) is 15.0. The maximum absolute atomic E-state index is 12.1. The third kappa shape index (κ3) is 4.92. The zero-order valence-corrected chi connectivity index (χ0v) is 16.6. The number of carbonyl (C=O) groups is 1. The maximum Gasteiger partial charge on any atom is 0.224 e. The predicted molar refractivity (Wildman–Crippen MR) is 104 cm³/mol. The Kier molecular flexibility index (Phi) is 7.20. The maximum atomic E-state index is 12.1. The number of aryl methyl sites for hydroxylation is 1. The molecule has 5 nitrogen and oxygen atoms in total. The van der Waals surface area contributed by atoms with Crippen LogP contribution in [0.1, 0.15) is 33.1 Å². The van der Waals surface area contributed by atoms with Gasteiger partial charge in [0.2, 0.25) is 5.91 Å². The van der Waals surface area contributed by atoms with E-state index in [9.17, 15) is 4.79 Å². The molecule has 1 heterocycles. The van der Waals surface area contributed by atoms with E-state index in [1.54, 1.807) is 16.6 Å².